The molecule has 4 aromatic carbocycles. The Labute approximate surface area is 336 Å². The van der Waals surface area contributed by atoms with Crippen molar-refractivity contribution in [3.8, 4) is 11.5 Å². The number of hydrazine groups is 1. The van der Waals surface area contributed by atoms with Crippen LogP contribution in [0, 0.1) is 29.5 Å². The van der Waals surface area contributed by atoms with Gasteiger partial charge in [0, 0.05) is 10.9 Å². The largest absolute Gasteiger partial charge is 0.504 e. The van der Waals surface area contributed by atoms with E-state index in [1.54, 1.807) is 25.1 Å². The van der Waals surface area contributed by atoms with Gasteiger partial charge in [0.1, 0.15) is 5.82 Å². The van der Waals surface area contributed by atoms with Crippen LogP contribution in [0.25, 0.3) is 0 Å². The van der Waals surface area contributed by atoms with Crippen LogP contribution in [0.1, 0.15) is 47.9 Å². The number of phenolic OH excluding ortho intramolecular Hbond substituents is 1. The normalized spacial score (nSPS) is 25.4. The van der Waals surface area contributed by atoms with Gasteiger partial charge in [-0.15, -0.1) is 0 Å². The summed E-state index contributed by atoms with van der Waals surface area (Å²) >= 11 is 6.31. The molecular formula is C42H31ClF7N3O6. The molecule has 17 heteroatoms. The average Bonchev–Trinajstić information content (AvgIpc) is 3.56. The zero-order valence-electron chi connectivity index (χ0n) is 30.6. The van der Waals surface area contributed by atoms with E-state index >= 15 is 4.79 Å². The van der Waals surface area contributed by atoms with Crippen LogP contribution >= 0.6 is 11.6 Å². The number of hydrogen-bond acceptors (Lipinski definition) is 7. The number of nitrogens with one attached hydrogen (secondary N) is 1. The van der Waals surface area contributed by atoms with Gasteiger partial charge in [0.2, 0.25) is 11.8 Å². The van der Waals surface area contributed by atoms with E-state index in [9.17, 15) is 50.2 Å². The number of aromatic hydroxyl groups is 1. The lowest BCUT2D eigenvalue weighted by Gasteiger charge is -2.50. The van der Waals surface area contributed by atoms with Gasteiger partial charge in [-0.25, -0.2) is 9.29 Å². The molecule has 3 fully saturated rings. The topological polar surface area (TPSA) is 116 Å². The Balaban J connectivity index is 1.32. The Morgan fingerprint density at radius 2 is 1.47 bits per heavy atom. The molecule has 2 N–H and O–H groups in total. The predicted octanol–water partition coefficient (Wildman–Crippen LogP) is 8.81. The first kappa shape index (κ1) is 39.9. The lowest BCUT2D eigenvalue weighted by molar-refractivity contribution is -0.143. The molecule has 9 nitrogen and oxygen atoms in total. The maximum atomic E-state index is 15.3. The van der Waals surface area contributed by atoms with Crippen LogP contribution in [0.15, 0.2) is 96.6 Å². The molecule has 2 aliphatic carbocycles. The van der Waals surface area contributed by atoms with Gasteiger partial charge in [-0.1, -0.05) is 41.4 Å². The van der Waals surface area contributed by atoms with E-state index in [0.717, 1.165) is 17.1 Å². The van der Waals surface area contributed by atoms with E-state index in [4.69, 9.17) is 16.3 Å². The smallest absolute Gasteiger partial charge is 0.416 e. The third-order valence-electron chi connectivity index (χ3n) is 11.7. The number of anilines is 2. The number of fused-ring (bicyclic) bond motifs is 4. The molecule has 0 radical (unpaired) electrons. The number of alkyl halides is 6. The van der Waals surface area contributed by atoms with E-state index in [0.29, 0.717) is 38.8 Å². The molecule has 4 aliphatic rings. The third kappa shape index (κ3) is 6.39. The van der Waals surface area contributed by atoms with Gasteiger partial charge >= 0.3 is 12.4 Å². The highest BCUT2D eigenvalue weighted by Crippen LogP contribution is 2.64. The first-order chi connectivity index (χ1) is 27.9. The molecule has 59 heavy (non-hydrogen) atoms. The lowest BCUT2D eigenvalue weighted by atomic mass is 9.49. The van der Waals surface area contributed by atoms with E-state index in [2.05, 4.69) is 5.43 Å². The van der Waals surface area contributed by atoms with Crippen molar-refractivity contribution < 1.29 is 59.8 Å². The zero-order chi connectivity index (χ0) is 42.3. The first-order valence-corrected chi connectivity index (χ1v) is 18.7. The maximum absolute atomic E-state index is 15.3. The van der Waals surface area contributed by atoms with E-state index < -0.39 is 93.6 Å². The number of hydrogen-bond donors (Lipinski definition) is 2. The number of carbonyl (C=O) groups is 4. The standard InChI is InChI=1S/C42H31ClF7N3O6/c1-2-59-33-15-20(3-14-32(33)54)35-28-12-13-29-34(38(57)52(36(29)55)27-17-22(41(45,46)47)16-23(18-27)42(48,49)50)30(28)19-31-37(56)53(51-26-10-8-25(44)9-11-26)39(58)40(31,35)21-4-6-24(43)7-5-21/h3-12,14-18,29-31,34-35,51,54H,2,13,19H2,1H3. The molecule has 2 aliphatic heterocycles. The van der Waals surface area contributed by atoms with Crippen molar-refractivity contribution in [2.45, 2.75) is 43.5 Å². The van der Waals surface area contributed by atoms with Crippen molar-refractivity contribution in [1.82, 2.24) is 5.01 Å². The zero-order valence-corrected chi connectivity index (χ0v) is 31.3. The van der Waals surface area contributed by atoms with Gasteiger partial charge in [0.05, 0.1) is 52.3 Å². The van der Waals surface area contributed by atoms with Crippen molar-refractivity contribution in [2.75, 3.05) is 16.9 Å². The Kier molecular flexibility index (Phi) is 9.56. The van der Waals surface area contributed by atoms with Gasteiger partial charge in [-0.3, -0.25) is 24.6 Å². The maximum Gasteiger partial charge on any atom is 0.416 e. The number of allylic oxidation sites excluding steroid dienone is 2. The van der Waals surface area contributed by atoms with Crippen molar-refractivity contribution in [2.24, 2.45) is 23.7 Å². The molecule has 2 heterocycles. The molecule has 4 amide bonds. The number of halogens is 8. The molecule has 8 rings (SSSR count). The van der Waals surface area contributed by atoms with Gasteiger partial charge in [-0.2, -0.15) is 31.4 Å². The van der Waals surface area contributed by atoms with Crippen LogP contribution in [0.4, 0.5) is 42.1 Å². The van der Waals surface area contributed by atoms with Crippen LogP contribution in [-0.4, -0.2) is 40.4 Å². The number of imide groups is 2. The van der Waals surface area contributed by atoms with E-state index in [1.165, 1.54) is 42.5 Å². The third-order valence-corrected chi connectivity index (χ3v) is 12.0. The monoisotopic (exact) mass is 841 g/mol. The second kappa shape index (κ2) is 14.1. The van der Waals surface area contributed by atoms with Crippen molar-refractivity contribution in [3.05, 3.63) is 130 Å². The molecule has 4 aromatic rings. The highest BCUT2D eigenvalue weighted by atomic mass is 35.5. The molecule has 6 atom stereocenters. The summed E-state index contributed by atoms with van der Waals surface area (Å²) in [5.41, 5.74) is -2.15. The minimum absolute atomic E-state index is 0.0191. The molecule has 0 aromatic heterocycles. The van der Waals surface area contributed by atoms with Crippen LogP contribution in [0.5, 0.6) is 11.5 Å². The fourth-order valence-corrected chi connectivity index (χ4v) is 9.46. The Morgan fingerprint density at radius 1 is 0.831 bits per heavy atom. The number of nitrogens with zero attached hydrogens (tertiary/aromatic N) is 2. The van der Waals surface area contributed by atoms with Crippen LogP contribution in [0.3, 0.4) is 0 Å². The lowest BCUT2D eigenvalue weighted by Crippen LogP contribution is -2.53. The molecule has 1 saturated carbocycles. The highest BCUT2D eigenvalue weighted by Gasteiger charge is 2.70. The van der Waals surface area contributed by atoms with Crippen LogP contribution < -0.4 is 15.1 Å². The highest BCUT2D eigenvalue weighted by molar-refractivity contribution is 6.30. The number of rotatable bonds is 7. The number of amides is 4. The Morgan fingerprint density at radius 3 is 2.08 bits per heavy atom. The molecular weight excluding hydrogens is 811 g/mol. The molecule has 0 bridgehead atoms. The summed E-state index contributed by atoms with van der Waals surface area (Å²) in [5.74, 6) is -10.6. The fraction of sp³-hybridized carbons (Fsp3) is 0.286. The van der Waals surface area contributed by atoms with Gasteiger partial charge in [-0.05, 0) is 104 Å². The summed E-state index contributed by atoms with van der Waals surface area (Å²) < 4.78 is 103. The fourth-order valence-electron chi connectivity index (χ4n) is 9.33. The SMILES string of the molecule is CCOc1cc(C2C3=CCC4C(=O)N(c5cc(C(F)(F)F)cc(C(F)(F)F)c5)C(=O)C4C3CC3C(=O)N(Nc4ccc(F)cc4)C(=O)C32c2ccc(Cl)cc2)ccc1O. The van der Waals surface area contributed by atoms with Gasteiger partial charge in [0.15, 0.2) is 11.5 Å². The van der Waals surface area contributed by atoms with Crippen molar-refractivity contribution in [3.63, 3.8) is 0 Å². The Hall–Kier alpha value is -5.90. The van der Waals surface area contributed by atoms with Crippen LogP contribution in [0.2, 0.25) is 5.02 Å². The van der Waals surface area contributed by atoms with Crippen LogP contribution in [-0.2, 0) is 36.9 Å². The second-order valence-electron chi connectivity index (χ2n) is 14.8. The minimum Gasteiger partial charge on any atom is -0.504 e. The number of carbonyl (C=O) groups excluding carboxylic acids is 4. The number of phenols is 1. The summed E-state index contributed by atoms with van der Waals surface area (Å²) in [6, 6.07) is 15.9. The summed E-state index contributed by atoms with van der Waals surface area (Å²) in [6.07, 6.45) is -9.36. The van der Waals surface area contributed by atoms with Crippen molar-refractivity contribution >= 4 is 46.6 Å². The summed E-state index contributed by atoms with van der Waals surface area (Å²) in [6.45, 7) is 1.79. The number of benzene rings is 4. The Bertz CT molecular complexity index is 2410. The first-order valence-electron chi connectivity index (χ1n) is 18.4. The van der Waals surface area contributed by atoms with Gasteiger partial charge < -0.3 is 9.84 Å². The minimum atomic E-state index is -5.27. The van der Waals surface area contributed by atoms with Crippen molar-refractivity contribution in [1.29, 1.82) is 0 Å². The summed E-state index contributed by atoms with van der Waals surface area (Å²) in [5, 5.41) is 11.8. The second-order valence-corrected chi connectivity index (χ2v) is 15.2. The number of ether oxygens (including phenoxy) is 1. The van der Waals surface area contributed by atoms with E-state index in [-0.39, 0.29) is 42.7 Å². The predicted molar refractivity (Wildman–Crippen MR) is 197 cm³/mol. The average molecular weight is 842 g/mol. The molecule has 6 unspecified atom stereocenters. The molecule has 306 valence electrons. The van der Waals surface area contributed by atoms with Gasteiger partial charge in [0.25, 0.3) is 11.8 Å². The van der Waals surface area contributed by atoms with E-state index in [1.807, 2.05) is 0 Å². The quantitative estimate of drug-likeness (QED) is 0.109. The summed E-state index contributed by atoms with van der Waals surface area (Å²) in [4.78, 5) is 59.1. The molecule has 2 saturated heterocycles. The summed E-state index contributed by atoms with van der Waals surface area (Å²) in [7, 11) is 0. The molecule has 0 spiro atoms.